The van der Waals surface area contributed by atoms with Crippen LogP contribution in [0.2, 0.25) is 0 Å². The van der Waals surface area contributed by atoms with Crippen molar-refractivity contribution in [3.8, 4) is 11.5 Å². The SMILES string of the molecule is COc1ccccc1C(=O)NCC(=O)NN=Cc1cc(Br)ccc1O. The van der Waals surface area contributed by atoms with Crippen molar-refractivity contribution in [1.29, 1.82) is 0 Å². The highest BCUT2D eigenvalue weighted by Crippen LogP contribution is 2.20. The number of ether oxygens (including phenoxy) is 1. The van der Waals surface area contributed by atoms with Crippen molar-refractivity contribution in [2.75, 3.05) is 13.7 Å². The van der Waals surface area contributed by atoms with Crippen LogP contribution in [-0.2, 0) is 4.79 Å². The summed E-state index contributed by atoms with van der Waals surface area (Å²) in [4.78, 5) is 23.8. The lowest BCUT2D eigenvalue weighted by Gasteiger charge is -2.08. The zero-order chi connectivity index (χ0) is 18.2. The standard InChI is InChI=1S/C17H16BrN3O4/c1-25-15-5-3-2-4-13(15)17(24)19-10-16(23)21-20-9-11-8-12(18)6-7-14(11)22/h2-9,22H,10H2,1H3,(H,19,24)(H,21,23). The molecule has 0 aliphatic carbocycles. The second-order valence-corrected chi connectivity index (χ2v) is 5.79. The Bertz CT molecular complexity index is 808. The summed E-state index contributed by atoms with van der Waals surface area (Å²) in [7, 11) is 1.46. The Morgan fingerprint density at radius 1 is 1.28 bits per heavy atom. The number of nitrogens with zero attached hydrogens (tertiary/aromatic N) is 1. The minimum absolute atomic E-state index is 0.0330. The van der Waals surface area contributed by atoms with E-state index in [0.717, 1.165) is 4.47 Å². The number of nitrogens with one attached hydrogen (secondary N) is 2. The van der Waals surface area contributed by atoms with Gasteiger partial charge in [-0.2, -0.15) is 5.10 Å². The van der Waals surface area contributed by atoms with E-state index >= 15 is 0 Å². The lowest BCUT2D eigenvalue weighted by molar-refractivity contribution is -0.120. The number of rotatable bonds is 6. The first-order valence-electron chi connectivity index (χ1n) is 7.23. The molecule has 0 atom stereocenters. The topological polar surface area (TPSA) is 100 Å². The molecule has 0 saturated heterocycles. The molecule has 0 fully saturated rings. The molecule has 130 valence electrons. The van der Waals surface area contributed by atoms with Crippen LogP contribution in [-0.4, -0.2) is 36.8 Å². The van der Waals surface area contributed by atoms with Crippen molar-refractivity contribution in [2.45, 2.75) is 0 Å². The molecule has 7 nitrogen and oxygen atoms in total. The molecule has 2 amide bonds. The fourth-order valence-corrected chi connectivity index (χ4v) is 2.31. The maximum Gasteiger partial charge on any atom is 0.259 e. The van der Waals surface area contributed by atoms with Gasteiger partial charge in [0, 0.05) is 10.0 Å². The van der Waals surface area contributed by atoms with Crippen molar-refractivity contribution < 1.29 is 19.4 Å². The van der Waals surface area contributed by atoms with E-state index in [1.54, 1.807) is 36.4 Å². The predicted octanol–water partition coefficient (Wildman–Crippen LogP) is 2.04. The number of halogens is 1. The molecule has 25 heavy (non-hydrogen) atoms. The molecule has 0 spiro atoms. The quantitative estimate of drug-likeness (QED) is 0.505. The van der Waals surface area contributed by atoms with Gasteiger partial charge in [0.05, 0.1) is 25.4 Å². The monoisotopic (exact) mass is 405 g/mol. The van der Waals surface area contributed by atoms with Crippen molar-refractivity contribution in [3.05, 3.63) is 58.1 Å². The van der Waals surface area contributed by atoms with E-state index < -0.39 is 11.8 Å². The number of hydrogen-bond donors (Lipinski definition) is 3. The number of methoxy groups -OCH3 is 1. The largest absolute Gasteiger partial charge is 0.507 e. The van der Waals surface area contributed by atoms with Gasteiger partial charge < -0.3 is 15.2 Å². The fraction of sp³-hybridized carbons (Fsp3) is 0.118. The van der Waals surface area contributed by atoms with Gasteiger partial charge in [-0.25, -0.2) is 5.43 Å². The van der Waals surface area contributed by atoms with Gasteiger partial charge >= 0.3 is 0 Å². The van der Waals surface area contributed by atoms with Gasteiger partial charge in [-0.1, -0.05) is 28.1 Å². The molecule has 0 bridgehead atoms. The highest BCUT2D eigenvalue weighted by Gasteiger charge is 2.12. The molecule has 2 rings (SSSR count). The maximum atomic E-state index is 12.1. The van der Waals surface area contributed by atoms with Gasteiger partial charge in [0.2, 0.25) is 0 Å². The Balaban J connectivity index is 1.87. The Labute approximate surface area is 152 Å². The van der Waals surface area contributed by atoms with E-state index in [1.165, 1.54) is 19.4 Å². The first-order chi connectivity index (χ1) is 12.0. The minimum atomic E-state index is -0.506. The summed E-state index contributed by atoms with van der Waals surface area (Å²) in [6.45, 7) is -0.251. The number of phenolic OH excluding ortho intramolecular Hbond substituents is 1. The van der Waals surface area contributed by atoms with Crippen LogP contribution < -0.4 is 15.5 Å². The molecule has 0 unspecified atom stereocenters. The van der Waals surface area contributed by atoms with E-state index in [4.69, 9.17) is 4.74 Å². The second kappa shape index (κ2) is 8.84. The average molecular weight is 406 g/mol. The first-order valence-corrected chi connectivity index (χ1v) is 8.02. The molecule has 8 heteroatoms. The minimum Gasteiger partial charge on any atom is -0.507 e. The van der Waals surface area contributed by atoms with Crippen molar-refractivity contribution in [3.63, 3.8) is 0 Å². The third-order valence-electron chi connectivity index (χ3n) is 3.14. The molecule has 0 aliphatic heterocycles. The summed E-state index contributed by atoms with van der Waals surface area (Å²) in [5, 5.41) is 15.9. The van der Waals surface area contributed by atoms with Crippen LogP contribution in [0.3, 0.4) is 0 Å². The lowest BCUT2D eigenvalue weighted by atomic mass is 10.2. The third-order valence-corrected chi connectivity index (χ3v) is 3.64. The Morgan fingerprint density at radius 2 is 2.04 bits per heavy atom. The Morgan fingerprint density at radius 3 is 2.80 bits per heavy atom. The molecule has 2 aromatic rings. The first kappa shape index (κ1) is 18.5. The number of amides is 2. The summed E-state index contributed by atoms with van der Waals surface area (Å²) in [5.74, 6) is -0.482. The lowest BCUT2D eigenvalue weighted by Crippen LogP contribution is -2.35. The summed E-state index contributed by atoms with van der Waals surface area (Å²) < 4.78 is 5.86. The Hall–Kier alpha value is -2.87. The molecule has 2 aromatic carbocycles. The summed E-state index contributed by atoms with van der Waals surface area (Å²) in [6, 6.07) is 11.5. The zero-order valence-electron chi connectivity index (χ0n) is 13.3. The molecular weight excluding hydrogens is 390 g/mol. The van der Waals surface area contributed by atoms with Crippen LogP contribution >= 0.6 is 15.9 Å². The highest BCUT2D eigenvalue weighted by atomic mass is 79.9. The van der Waals surface area contributed by atoms with Gasteiger partial charge in [-0.15, -0.1) is 0 Å². The van der Waals surface area contributed by atoms with Crippen molar-refractivity contribution in [1.82, 2.24) is 10.7 Å². The summed E-state index contributed by atoms with van der Waals surface area (Å²) in [6.07, 6.45) is 1.31. The van der Waals surface area contributed by atoms with Crippen molar-refractivity contribution >= 4 is 34.0 Å². The van der Waals surface area contributed by atoms with Crippen LogP contribution in [0.25, 0.3) is 0 Å². The van der Waals surface area contributed by atoms with Crippen molar-refractivity contribution in [2.24, 2.45) is 5.10 Å². The number of para-hydroxylation sites is 1. The van der Waals surface area contributed by atoms with E-state index in [-0.39, 0.29) is 12.3 Å². The van der Waals surface area contributed by atoms with Gasteiger partial charge in [0.15, 0.2) is 0 Å². The average Bonchev–Trinajstić information content (AvgIpc) is 2.62. The number of carbonyl (C=O) groups is 2. The third kappa shape index (κ3) is 5.32. The molecule has 0 saturated carbocycles. The van der Waals surface area contributed by atoms with E-state index in [0.29, 0.717) is 16.9 Å². The number of phenols is 1. The normalized spacial score (nSPS) is 10.5. The number of aromatic hydroxyl groups is 1. The van der Waals surface area contributed by atoms with E-state index in [1.807, 2.05) is 0 Å². The number of hydrazone groups is 1. The van der Waals surface area contributed by atoms with Crippen LogP contribution in [0.15, 0.2) is 52.0 Å². The van der Waals surface area contributed by atoms with Crippen LogP contribution in [0, 0.1) is 0 Å². The van der Waals surface area contributed by atoms with Crippen LogP contribution in [0.5, 0.6) is 11.5 Å². The molecule has 0 aliphatic rings. The molecule has 0 radical (unpaired) electrons. The summed E-state index contributed by atoms with van der Waals surface area (Å²) in [5.41, 5.74) is 3.04. The molecular formula is C17H16BrN3O4. The van der Waals surface area contributed by atoms with E-state index in [9.17, 15) is 14.7 Å². The van der Waals surface area contributed by atoms with Crippen LogP contribution in [0.4, 0.5) is 0 Å². The van der Waals surface area contributed by atoms with Gasteiger partial charge in [0.25, 0.3) is 11.8 Å². The number of hydrogen-bond acceptors (Lipinski definition) is 5. The zero-order valence-corrected chi connectivity index (χ0v) is 14.9. The number of carbonyl (C=O) groups excluding carboxylic acids is 2. The molecule has 3 N–H and O–H groups in total. The van der Waals surface area contributed by atoms with Gasteiger partial charge in [-0.05, 0) is 30.3 Å². The summed E-state index contributed by atoms with van der Waals surface area (Å²) >= 11 is 3.27. The van der Waals surface area contributed by atoms with Gasteiger partial charge in [-0.3, -0.25) is 9.59 Å². The predicted molar refractivity (Wildman–Crippen MR) is 96.9 cm³/mol. The number of benzene rings is 2. The van der Waals surface area contributed by atoms with Gasteiger partial charge in [0.1, 0.15) is 11.5 Å². The molecule has 0 aromatic heterocycles. The fourth-order valence-electron chi connectivity index (χ4n) is 1.93. The molecule has 0 heterocycles. The second-order valence-electron chi connectivity index (χ2n) is 4.88. The maximum absolute atomic E-state index is 12.1. The Kier molecular flexibility index (Phi) is 6.53. The highest BCUT2D eigenvalue weighted by molar-refractivity contribution is 9.10. The smallest absolute Gasteiger partial charge is 0.259 e. The van der Waals surface area contributed by atoms with Crippen LogP contribution in [0.1, 0.15) is 15.9 Å². The van der Waals surface area contributed by atoms with E-state index in [2.05, 4.69) is 31.8 Å².